The van der Waals surface area contributed by atoms with Crippen LogP contribution in [0.3, 0.4) is 0 Å². The van der Waals surface area contributed by atoms with Crippen molar-refractivity contribution in [3.05, 3.63) is 51.2 Å². The zero-order valence-corrected chi connectivity index (χ0v) is 19.1. The molecular weight excluding hydrogens is 412 g/mol. The van der Waals surface area contributed by atoms with Crippen molar-refractivity contribution in [2.24, 2.45) is 14.1 Å². The zero-order chi connectivity index (χ0) is 23.3. The number of para-hydroxylation sites is 1. The van der Waals surface area contributed by atoms with E-state index in [0.29, 0.717) is 18.2 Å². The Balaban J connectivity index is 1.90. The molecule has 10 heteroatoms. The highest BCUT2D eigenvalue weighted by molar-refractivity contribution is 5.74. The lowest BCUT2D eigenvalue weighted by molar-refractivity contribution is 0.0938. The molecule has 0 saturated carbocycles. The molecule has 0 spiro atoms. The molecular formula is C22H32N6O4. The molecule has 174 valence electrons. The van der Waals surface area contributed by atoms with Gasteiger partial charge in [-0.2, -0.15) is 4.98 Å². The minimum Gasteiger partial charge on any atom is -0.491 e. The molecule has 32 heavy (non-hydrogen) atoms. The monoisotopic (exact) mass is 444 g/mol. The Morgan fingerprint density at radius 3 is 2.47 bits per heavy atom. The van der Waals surface area contributed by atoms with Gasteiger partial charge in [-0.3, -0.25) is 13.9 Å². The lowest BCUT2D eigenvalue weighted by Crippen LogP contribution is -2.38. The molecule has 0 bridgehead atoms. The van der Waals surface area contributed by atoms with Crippen molar-refractivity contribution in [3.8, 4) is 5.75 Å². The second kappa shape index (κ2) is 10.5. The van der Waals surface area contributed by atoms with Crippen molar-refractivity contribution in [1.82, 2.24) is 23.6 Å². The summed E-state index contributed by atoms with van der Waals surface area (Å²) in [6.45, 7) is 7.60. The SMILES string of the molecule is CCN(CC)CCNc1nc2c(c(=O)n(C)c(=O)n2C)n1C[C@H](O)COc1ccccc1. The maximum absolute atomic E-state index is 12.9. The van der Waals surface area contributed by atoms with Crippen LogP contribution in [-0.4, -0.2) is 67.6 Å². The minimum absolute atomic E-state index is 0.0503. The van der Waals surface area contributed by atoms with E-state index >= 15 is 0 Å². The van der Waals surface area contributed by atoms with Gasteiger partial charge < -0.3 is 24.6 Å². The van der Waals surface area contributed by atoms with Gasteiger partial charge in [-0.15, -0.1) is 0 Å². The fraction of sp³-hybridized carbons (Fsp3) is 0.500. The fourth-order valence-electron chi connectivity index (χ4n) is 3.60. The molecule has 3 aromatic rings. The summed E-state index contributed by atoms with van der Waals surface area (Å²) >= 11 is 0. The van der Waals surface area contributed by atoms with E-state index in [9.17, 15) is 14.7 Å². The summed E-state index contributed by atoms with van der Waals surface area (Å²) in [5, 5.41) is 13.9. The fourth-order valence-corrected chi connectivity index (χ4v) is 3.60. The third kappa shape index (κ3) is 5.03. The first kappa shape index (κ1) is 23.6. The van der Waals surface area contributed by atoms with Crippen LogP contribution in [0.25, 0.3) is 11.2 Å². The number of aromatic nitrogens is 4. The summed E-state index contributed by atoms with van der Waals surface area (Å²) in [4.78, 5) is 32.1. The molecule has 0 unspecified atom stereocenters. The van der Waals surface area contributed by atoms with Gasteiger partial charge in [0, 0.05) is 27.2 Å². The highest BCUT2D eigenvalue weighted by Crippen LogP contribution is 2.17. The Labute approximate surface area is 186 Å². The number of hydrogen-bond donors (Lipinski definition) is 2. The van der Waals surface area contributed by atoms with Gasteiger partial charge in [0.05, 0.1) is 6.54 Å². The first-order valence-electron chi connectivity index (χ1n) is 10.9. The molecule has 10 nitrogen and oxygen atoms in total. The number of nitrogens with one attached hydrogen (secondary N) is 1. The van der Waals surface area contributed by atoms with Crippen LogP contribution in [0.15, 0.2) is 39.9 Å². The van der Waals surface area contributed by atoms with Crippen molar-refractivity contribution in [1.29, 1.82) is 0 Å². The summed E-state index contributed by atoms with van der Waals surface area (Å²) in [6, 6.07) is 9.22. The molecule has 0 aliphatic rings. The van der Waals surface area contributed by atoms with Gasteiger partial charge in [-0.1, -0.05) is 32.0 Å². The van der Waals surface area contributed by atoms with Crippen LogP contribution in [0.2, 0.25) is 0 Å². The molecule has 0 aliphatic heterocycles. The molecule has 2 aromatic heterocycles. The van der Waals surface area contributed by atoms with Gasteiger partial charge in [0.2, 0.25) is 5.95 Å². The third-order valence-electron chi connectivity index (χ3n) is 5.53. The first-order valence-corrected chi connectivity index (χ1v) is 10.9. The van der Waals surface area contributed by atoms with Crippen molar-refractivity contribution in [2.75, 3.05) is 38.1 Å². The molecule has 0 fully saturated rings. The first-order chi connectivity index (χ1) is 15.4. The Bertz CT molecular complexity index is 1150. The number of rotatable bonds is 11. The topological polar surface area (TPSA) is 107 Å². The van der Waals surface area contributed by atoms with Gasteiger partial charge in [0.1, 0.15) is 18.5 Å². The minimum atomic E-state index is -0.891. The predicted octanol–water partition coefficient (Wildman–Crippen LogP) is 0.627. The second-order valence-electron chi connectivity index (χ2n) is 7.66. The summed E-state index contributed by atoms with van der Waals surface area (Å²) in [5.41, 5.74) is -0.364. The van der Waals surface area contributed by atoms with Crippen LogP contribution in [0, 0.1) is 0 Å². The number of likely N-dealkylation sites (N-methyl/N-ethyl adjacent to an activating group) is 1. The summed E-state index contributed by atoms with van der Waals surface area (Å²) in [6.07, 6.45) is -0.891. The summed E-state index contributed by atoms with van der Waals surface area (Å²) in [7, 11) is 3.01. The molecule has 2 N–H and O–H groups in total. The van der Waals surface area contributed by atoms with E-state index in [1.165, 1.54) is 11.6 Å². The normalized spacial score (nSPS) is 12.4. The molecule has 0 amide bonds. The number of nitrogens with zero attached hydrogens (tertiary/aromatic N) is 5. The van der Waals surface area contributed by atoms with Crippen LogP contribution >= 0.6 is 0 Å². The van der Waals surface area contributed by atoms with E-state index in [1.54, 1.807) is 11.6 Å². The van der Waals surface area contributed by atoms with Gasteiger partial charge >= 0.3 is 5.69 Å². The number of hydrogen-bond acceptors (Lipinski definition) is 7. The van der Waals surface area contributed by atoms with E-state index in [0.717, 1.165) is 24.2 Å². The highest BCUT2D eigenvalue weighted by Gasteiger charge is 2.21. The zero-order valence-electron chi connectivity index (χ0n) is 19.1. The van der Waals surface area contributed by atoms with Gasteiger partial charge in [0.25, 0.3) is 5.56 Å². The maximum atomic E-state index is 12.9. The molecule has 3 rings (SSSR count). The summed E-state index contributed by atoms with van der Waals surface area (Å²) in [5.74, 6) is 1.09. The highest BCUT2D eigenvalue weighted by atomic mass is 16.5. The quantitative estimate of drug-likeness (QED) is 0.447. The number of aliphatic hydroxyl groups excluding tert-OH is 1. The van der Waals surface area contributed by atoms with E-state index in [2.05, 4.69) is 29.0 Å². The van der Waals surface area contributed by atoms with Crippen molar-refractivity contribution >= 4 is 17.1 Å². The number of aliphatic hydroxyl groups is 1. The largest absolute Gasteiger partial charge is 0.491 e. The molecule has 1 aromatic carbocycles. The molecule has 1 atom stereocenters. The van der Waals surface area contributed by atoms with Crippen LogP contribution in [0.4, 0.5) is 5.95 Å². The van der Waals surface area contributed by atoms with E-state index < -0.39 is 17.4 Å². The smallest absolute Gasteiger partial charge is 0.332 e. The standard InChI is InChI=1S/C22H32N6O4/c1-5-27(6-2)13-12-23-21-24-19-18(20(30)26(4)22(31)25(19)3)28(21)14-16(29)15-32-17-10-8-7-9-11-17/h7-11,16,29H,5-6,12-15H2,1-4H3,(H,23,24)/t16-/m0/s1. The number of ether oxygens (including phenoxy) is 1. The number of imidazole rings is 1. The van der Waals surface area contributed by atoms with E-state index in [-0.39, 0.29) is 24.3 Å². The van der Waals surface area contributed by atoms with Crippen LogP contribution in [0.1, 0.15) is 13.8 Å². The number of fused-ring (bicyclic) bond motifs is 1. The van der Waals surface area contributed by atoms with Crippen LogP contribution in [-0.2, 0) is 20.6 Å². The van der Waals surface area contributed by atoms with Crippen LogP contribution < -0.4 is 21.3 Å². The van der Waals surface area contributed by atoms with Gasteiger partial charge in [0.15, 0.2) is 11.2 Å². The predicted molar refractivity (Wildman–Crippen MR) is 124 cm³/mol. The second-order valence-corrected chi connectivity index (χ2v) is 7.66. The van der Waals surface area contributed by atoms with Crippen molar-refractivity contribution in [3.63, 3.8) is 0 Å². The Morgan fingerprint density at radius 2 is 1.81 bits per heavy atom. The number of benzene rings is 1. The molecule has 2 heterocycles. The van der Waals surface area contributed by atoms with E-state index in [1.807, 2.05) is 30.3 Å². The van der Waals surface area contributed by atoms with Crippen LogP contribution in [0.5, 0.6) is 5.75 Å². The summed E-state index contributed by atoms with van der Waals surface area (Å²) < 4.78 is 9.69. The van der Waals surface area contributed by atoms with Crippen molar-refractivity contribution < 1.29 is 9.84 Å². The number of anilines is 1. The molecule has 0 aliphatic carbocycles. The van der Waals surface area contributed by atoms with Gasteiger partial charge in [-0.05, 0) is 25.2 Å². The lowest BCUT2D eigenvalue weighted by Gasteiger charge is -2.19. The van der Waals surface area contributed by atoms with E-state index in [4.69, 9.17) is 4.74 Å². The lowest BCUT2D eigenvalue weighted by atomic mass is 10.3. The Hall–Kier alpha value is -3.11. The Kier molecular flexibility index (Phi) is 7.70. The maximum Gasteiger partial charge on any atom is 0.332 e. The van der Waals surface area contributed by atoms with Crippen molar-refractivity contribution in [2.45, 2.75) is 26.5 Å². The average Bonchev–Trinajstić information content (AvgIpc) is 3.16. The average molecular weight is 445 g/mol. The van der Waals surface area contributed by atoms with Gasteiger partial charge in [-0.25, -0.2) is 4.79 Å². The molecule has 0 radical (unpaired) electrons. The third-order valence-corrected chi connectivity index (χ3v) is 5.53. The molecule has 0 saturated heterocycles. The Morgan fingerprint density at radius 1 is 1.12 bits per heavy atom. The number of aryl methyl sites for hydroxylation is 1.